The van der Waals surface area contributed by atoms with Gasteiger partial charge in [-0.05, 0) is 30.9 Å². The first-order valence-electron chi connectivity index (χ1n) is 6.80. The van der Waals surface area contributed by atoms with Crippen molar-refractivity contribution in [1.82, 2.24) is 9.21 Å². The summed E-state index contributed by atoms with van der Waals surface area (Å²) in [6, 6.07) is 3.01. The number of nitrogens with zero attached hydrogens (tertiary/aromatic N) is 2. The molecule has 1 aromatic rings. The van der Waals surface area contributed by atoms with Crippen LogP contribution in [0.1, 0.15) is 19.8 Å². The summed E-state index contributed by atoms with van der Waals surface area (Å²) < 4.78 is 26.3. The average molecular weight is 351 g/mol. The van der Waals surface area contributed by atoms with Crippen LogP contribution in [-0.2, 0) is 14.8 Å². The Morgan fingerprint density at radius 1 is 1.52 bits per heavy atom. The van der Waals surface area contributed by atoms with E-state index in [1.165, 1.54) is 13.1 Å². The van der Waals surface area contributed by atoms with Gasteiger partial charge in [-0.15, -0.1) is 11.3 Å². The quantitative estimate of drug-likeness (QED) is 0.837. The summed E-state index contributed by atoms with van der Waals surface area (Å²) >= 11 is 6.77. The number of carbonyl (C=O) groups is 1. The molecule has 0 aliphatic carbocycles. The van der Waals surface area contributed by atoms with Crippen molar-refractivity contribution in [3.05, 3.63) is 16.5 Å². The van der Waals surface area contributed by atoms with Gasteiger partial charge >= 0.3 is 0 Å². The van der Waals surface area contributed by atoms with Gasteiger partial charge < -0.3 is 4.90 Å². The monoisotopic (exact) mass is 350 g/mol. The van der Waals surface area contributed by atoms with Gasteiger partial charge in [-0.3, -0.25) is 4.79 Å². The fourth-order valence-corrected chi connectivity index (χ4v) is 5.20. The molecule has 1 amide bonds. The molecule has 0 spiro atoms. The Balaban J connectivity index is 2.03. The van der Waals surface area contributed by atoms with Crippen LogP contribution in [0.3, 0.4) is 0 Å². The SMILES string of the molecule is CC1CCCN(C(=O)CN(C)S(=O)(=O)c2ccc(Cl)s2)C1. The van der Waals surface area contributed by atoms with Crippen molar-refractivity contribution in [2.24, 2.45) is 5.92 Å². The lowest BCUT2D eigenvalue weighted by Gasteiger charge is -2.32. The van der Waals surface area contributed by atoms with E-state index in [4.69, 9.17) is 11.6 Å². The Hall–Kier alpha value is -0.630. The summed E-state index contributed by atoms with van der Waals surface area (Å²) in [5, 5.41) is 0. The molecule has 2 heterocycles. The molecule has 21 heavy (non-hydrogen) atoms. The number of thiophene rings is 1. The molecule has 0 N–H and O–H groups in total. The van der Waals surface area contributed by atoms with Gasteiger partial charge in [0.25, 0.3) is 10.0 Å². The molecule has 118 valence electrons. The molecular weight excluding hydrogens is 332 g/mol. The molecule has 1 unspecified atom stereocenters. The van der Waals surface area contributed by atoms with Crippen LogP contribution in [0.2, 0.25) is 4.34 Å². The van der Waals surface area contributed by atoms with Crippen LogP contribution in [0.15, 0.2) is 16.3 Å². The summed E-state index contributed by atoms with van der Waals surface area (Å²) in [6.07, 6.45) is 2.09. The van der Waals surface area contributed by atoms with E-state index in [0.717, 1.165) is 28.5 Å². The molecule has 1 fully saturated rings. The lowest BCUT2D eigenvalue weighted by Crippen LogP contribution is -2.45. The molecule has 0 aromatic carbocycles. The predicted molar refractivity (Wildman–Crippen MR) is 84.1 cm³/mol. The van der Waals surface area contributed by atoms with E-state index in [1.807, 2.05) is 0 Å². The van der Waals surface area contributed by atoms with Crippen LogP contribution in [0, 0.1) is 5.92 Å². The van der Waals surface area contributed by atoms with Crippen molar-refractivity contribution < 1.29 is 13.2 Å². The van der Waals surface area contributed by atoms with Crippen LogP contribution in [0.5, 0.6) is 0 Å². The third-order valence-corrected chi connectivity index (χ3v) is 7.08. The molecule has 1 saturated heterocycles. The highest BCUT2D eigenvalue weighted by Crippen LogP contribution is 2.27. The minimum Gasteiger partial charge on any atom is -0.341 e. The van der Waals surface area contributed by atoms with Crippen molar-refractivity contribution in [2.45, 2.75) is 24.0 Å². The molecule has 0 saturated carbocycles. The highest BCUT2D eigenvalue weighted by molar-refractivity contribution is 7.91. The number of hydrogen-bond acceptors (Lipinski definition) is 4. The van der Waals surface area contributed by atoms with Gasteiger partial charge in [0.2, 0.25) is 5.91 Å². The first-order chi connectivity index (χ1) is 9.80. The standard InChI is InChI=1S/C13H19ClN2O3S2/c1-10-4-3-7-16(8-10)12(17)9-15(2)21(18,19)13-6-5-11(14)20-13/h5-6,10H,3-4,7-9H2,1-2H3. The van der Waals surface area contributed by atoms with E-state index in [0.29, 0.717) is 23.3 Å². The molecule has 1 aromatic heterocycles. The normalized spacial score (nSPS) is 20.0. The van der Waals surface area contributed by atoms with Crippen molar-refractivity contribution >= 4 is 38.9 Å². The highest BCUT2D eigenvalue weighted by atomic mass is 35.5. The van der Waals surface area contributed by atoms with Crippen molar-refractivity contribution in [1.29, 1.82) is 0 Å². The fourth-order valence-electron chi connectivity index (χ4n) is 2.38. The van der Waals surface area contributed by atoms with E-state index in [1.54, 1.807) is 11.0 Å². The molecule has 1 aliphatic rings. The number of piperidine rings is 1. The molecule has 0 bridgehead atoms. The van der Waals surface area contributed by atoms with Crippen LogP contribution in [0.4, 0.5) is 0 Å². The van der Waals surface area contributed by atoms with Gasteiger partial charge in [0.05, 0.1) is 10.9 Å². The van der Waals surface area contributed by atoms with Gasteiger partial charge in [-0.1, -0.05) is 18.5 Å². The zero-order chi connectivity index (χ0) is 15.6. The number of amides is 1. The van der Waals surface area contributed by atoms with E-state index in [2.05, 4.69) is 6.92 Å². The second kappa shape index (κ2) is 6.64. The molecule has 5 nitrogen and oxygen atoms in total. The summed E-state index contributed by atoms with van der Waals surface area (Å²) in [6.45, 7) is 3.39. The van der Waals surface area contributed by atoms with E-state index >= 15 is 0 Å². The maximum Gasteiger partial charge on any atom is 0.252 e. The molecule has 2 rings (SSSR count). The van der Waals surface area contributed by atoms with Crippen LogP contribution < -0.4 is 0 Å². The van der Waals surface area contributed by atoms with Crippen molar-refractivity contribution in [3.8, 4) is 0 Å². The number of carbonyl (C=O) groups excluding carboxylic acids is 1. The number of hydrogen-bond donors (Lipinski definition) is 0. The maximum atomic E-state index is 12.3. The second-order valence-corrected chi connectivity index (χ2v) is 9.39. The van der Waals surface area contributed by atoms with Gasteiger partial charge in [0.15, 0.2) is 0 Å². The summed E-state index contributed by atoms with van der Waals surface area (Å²) in [7, 11) is -2.22. The Morgan fingerprint density at radius 2 is 2.24 bits per heavy atom. The molecular formula is C13H19ClN2O3S2. The van der Waals surface area contributed by atoms with E-state index < -0.39 is 10.0 Å². The third-order valence-electron chi connectivity index (χ3n) is 3.58. The summed E-state index contributed by atoms with van der Waals surface area (Å²) in [5.41, 5.74) is 0. The molecule has 0 radical (unpaired) electrons. The maximum absolute atomic E-state index is 12.3. The Bertz CT molecular complexity index is 615. The van der Waals surface area contributed by atoms with Crippen molar-refractivity contribution in [2.75, 3.05) is 26.7 Å². The van der Waals surface area contributed by atoms with Gasteiger partial charge in [-0.2, -0.15) is 4.31 Å². The number of halogens is 1. The first kappa shape index (κ1) is 16.7. The number of sulfonamides is 1. The van der Waals surface area contributed by atoms with Gasteiger partial charge in [-0.25, -0.2) is 8.42 Å². The van der Waals surface area contributed by atoms with Crippen LogP contribution >= 0.6 is 22.9 Å². The van der Waals surface area contributed by atoms with Gasteiger partial charge in [0, 0.05) is 20.1 Å². The average Bonchev–Trinajstić information content (AvgIpc) is 2.86. The Labute approximate surface area is 134 Å². The van der Waals surface area contributed by atoms with Crippen LogP contribution in [-0.4, -0.2) is 50.2 Å². The first-order valence-corrected chi connectivity index (χ1v) is 9.43. The van der Waals surface area contributed by atoms with E-state index in [-0.39, 0.29) is 16.7 Å². The number of likely N-dealkylation sites (tertiary alicyclic amines) is 1. The Morgan fingerprint density at radius 3 is 2.81 bits per heavy atom. The van der Waals surface area contributed by atoms with Crippen LogP contribution in [0.25, 0.3) is 0 Å². The number of likely N-dealkylation sites (N-methyl/N-ethyl adjacent to an activating group) is 1. The smallest absolute Gasteiger partial charge is 0.252 e. The lowest BCUT2D eigenvalue weighted by atomic mass is 10.0. The Kier molecular flexibility index (Phi) is 5.29. The topological polar surface area (TPSA) is 57.7 Å². The molecule has 1 aliphatic heterocycles. The summed E-state index contributed by atoms with van der Waals surface area (Å²) in [4.78, 5) is 14.0. The lowest BCUT2D eigenvalue weighted by molar-refractivity contribution is -0.132. The van der Waals surface area contributed by atoms with Crippen molar-refractivity contribution in [3.63, 3.8) is 0 Å². The second-order valence-electron chi connectivity index (χ2n) is 5.41. The predicted octanol–water partition coefficient (Wildman–Crippen LogP) is 2.28. The molecule has 8 heteroatoms. The minimum atomic E-state index is -3.65. The zero-order valence-electron chi connectivity index (χ0n) is 12.1. The third kappa shape index (κ3) is 3.97. The van der Waals surface area contributed by atoms with E-state index in [9.17, 15) is 13.2 Å². The highest BCUT2D eigenvalue weighted by Gasteiger charge is 2.28. The molecule has 1 atom stereocenters. The largest absolute Gasteiger partial charge is 0.341 e. The number of rotatable bonds is 4. The summed E-state index contributed by atoms with van der Waals surface area (Å²) in [5.74, 6) is 0.330. The minimum absolute atomic E-state index is 0.134. The van der Waals surface area contributed by atoms with Gasteiger partial charge in [0.1, 0.15) is 4.21 Å². The zero-order valence-corrected chi connectivity index (χ0v) is 14.5. The fraction of sp³-hybridized carbons (Fsp3) is 0.615.